The molecular formula is C12H17NO4. The average Bonchev–Trinajstić information content (AvgIpc) is 2.34. The molecule has 5 heteroatoms. The van der Waals surface area contributed by atoms with Gasteiger partial charge in [-0.2, -0.15) is 0 Å². The van der Waals surface area contributed by atoms with Crippen molar-refractivity contribution in [2.24, 2.45) is 0 Å². The maximum Gasteiger partial charge on any atom is 0.358 e. The lowest BCUT2D eigenvalue weighted by molar-refractivity contribution is 0.0686. The number of hydrogen-bond donors (Lipinski definition) is 1. The van der Waals surface area contributed by atoms with Crippen LogP contribution >= 0.6 is 0 Å². The van der Waals surface area contributed by atoms with Crippen molar-refractivity contribution in [1.29, 1.82) is 0 Å². The van der Waals surface area contributed by atoms with Crippen LogP contribution < -0.4 is 4.74 Å². The summed E-state index contributed by atoms with van der Waals surface area (Å²) in [6, 6.07) is 1.64. The number of carbonyl (C=O) groups is 1. The van der Waals surface area contributed by atoms with Crippen molar-refractivity contribution in [3.8, 4) is 5.75 Å². The van der Waals surface area contributed by atoms with Gasteiger partial charge in [0.2, 0.25) is 0 Å². The van der Waals surface area contributed by atoms with Crippen LogP contribution in [0.4, 0.5) is 0 Å². The highest BCUT2D eigenvalue weighted by Gasteiger charge is 2.13. The van der Waals surface area contributed by atoms with Crippen molar-refractivity contribution in [3.63, 3.8) is 0 Å². The second-order valence-electron chi connectivity index (χ2n) is 3.61. The molecule has 0 atom stereocenters. The van der Waals surface area contributed by atoms with Gasteiger partial charge in [-0.3, -0.25) is 0 Å². The van der Waals surface area contributed by atoms with Crippen LogP contribution in [-0.4, -0.2) is 29.8 Å². The Morgan fingerprint density at radius 2 is 2.29 bits per heavy atom. The topological polar surface area (TPSA) is 68.7 Å². The van der Waals surface area contributed by atoms with Crippen LogP contribution in [0.25, 0.3) is 0 Å². The minimum absolute atomic E-state index is 0.0789. The maximum absolute atomic E-state index is 10.8. The van der Waals surface area contributed by atoms with E-state index in [-0.39, 0.29) is 11.4 Å². The van der Waals surface area contributed by atoms with E-state index in [2.05, 4.69) is 11.9 Å². The Morgan fingerprint density at radius 1 is 1.53 bits per heavy atom. The lowest BCUT2D eigenvalue weighted by Crippen LogP contribution is -2.05. The van der Waals surface area contributed by atoms with E-state index in [1.807, 2.05) is 0 Å². The molecule has 0 bridgehead atoms. The van der Waals surface area contributed by atoms with Crippen molar-refractivity contribution >= 4 is 5.97 Å². The highest BCUT2D eigenvalue weighted by molar-refractivity contribution is 5.88. The molecule has 0 spiro atoms. The van der Waals surface area contributed by atoms with Crippen molar-refractivity contribution in [2.75, 3.05) is 13.7 Å². The first-order chi connectivity index (χ1) is 8.19. The molecule has 0 fully saturated rings. The zero-order valence-corrected chi connectivity index (χ0v) is 10.1. The quantitative estimate of drug-likeness (QED) is 0.738. The van der Waals surface area contributed by atoms with Gasteiger partial charge in [-0.1, -0.05) is 13.3 Å². The number of rotatable bonds is 7. The first kappa shape index (κ1) is 13.4. The standard InChI is InChI=1S/C12H17NO4/c1-3-4-5-17-8-9-6-10(16-2)11(12(14)15)13-7-9/h6-7H,3-5,8H2,1-2H3,(H,14,15). The van der Waals surface area contributed by atoms with Gasteiger partial charge < -0.3 is 14.6 Å². The number of aromatic carboxylic acids is 1. The minimum atomic E-state index is -1.10. The van der Waals surface area contributed by atoms with E-state index in [1.54, 1.807) is 6.07 Å². The molecule has 1 heterocycles. The zero-order chi connectivity index (χ0) is 12.7. The van der Waals surface area contributed by atoms with Gasteiger partial charge in [-0.15, -0.1) is 0 Å². The third kappa shape index (κ3) is 4.03. The molecule has 1 aromatic heterocycles. The molecule has 0 aromatic carbocycles. The third-order valence-electron chi connectivity index (χ3n) is 2.24. The van der Waals surface area contributed by atoms with Gasteiger partial charge in [0.25, 0.3) is 0 Å². The molecule has 1 aromatic rings. The molecule has 0 amide bonds. The molecule has 0 saturated carbocycles. The summed E-state index contributed by atoms with van der Waals surface area (Å²) in [5, 5.41) is 8.86. The summed E-state index contributed by atoms with van der Waals surface area (Å²) in [6.07, 6.45) is 3.59. The van der Waals surface area contributed by atoms with Gasteiger partial charge in [0.1, 0.15) is 0 Å². The summed E-state index contributed by atoms with van der Waals surface area (Å²) in [5.41, 5.74) is 0.729. The number of carboxylic acid groups (broad SMARTS) is 1. The van der Waals surface area contributed by atoms with E-state index in [4.69, 9.17) is 14.6 Å². The number of pyridine rings is 1. The summed E-state index contributed by atoms with van der Waals surface area (Å²) in [4.78, 5) is 14.7. The summed E-state index contributed by atoms with van der Waals surface area (Å²) in [5.74, 6) is -0.839. The van der Waals surface area contributed by atoms with Gasteiger partial charge in [0.05, 0.1) is 13.7 Å². The molecule has 0 aliphatic heterocycles. The molecule has 0 aliphatic rings. The van der Waals surface area contributed by atoms with Crippen molar-refractivity contribution in [3.05, 3.63) is 23.5 Å². The van der Waals surface area contributed by atoms with Crippen LogP contribution in [0.2, 0.25) is 0 Å². The first-order valence-electron chi connectivity index (χ1n) is 5.53. The molecule has 17 heavy (non-hydrogen) atoms. The van der Waals surface area contributed by atoms with Crippen LogP contribution in [0.1, 0.15) is 35.8 Å². The monoisotopic (exact) mass is 239 g/mol. The molecule has 94 valence electrons. The van der Waals surface area contributed by atoms with Crippen LogP contribution in [0, 0.1) is 0 Å². The zero-order valence-electron chi connectivity index (χ0n) is 10.1. The highest BCUT2D eigenvalue weighted by Crippen LogP contribution is 2.18. The fourth-order valence-corrected chi connectivity index (χ4v) is 1.32. The van der Waals surface area contributed by atoms with Gasteiger partial charge in [0.15, 0.2) is 11.4 Å². The highest BCUT2D eigenvalue weighted by atomic mass is 16.5. The fraction of sp³-hybridized carbons (Fsp3) is 0.500. The number of nitrogens with zero attached hydrogens (tertiary/aromatic N) is 1. The first-order valence-corrected chi connectivity index (χ1v) is 5.53. The Balaban J connectivity index is 2.66. The predicted molar refractivity (Wildman–Crippen MR) is 62.3 cm³/mol. The lowest BCUT2D eigenvalue weighted by Gasteiger charge is -2.07. The van der Waals surface area contributed by atoms with E-state index >= 15 is 0 Å². The summed E-state index contributed by atoms with van der Waals surface area (Å²) in [6.45, 7) is 3.21. The minimum Gasteiger partial charge on any atom is -0.494 e. The van der Waals surface area contributed by atoms with Crippen molar-refractivity contribution < 1.29 is 19.4 Å². The molecule has 0 unspecified atom stereocenters. The van der Waals surface area contributed by atoms with Crippen LogP contribution in [0.15, 0.2) is 12.3 Å². The SMILES string of the molecule is CCCCOCc1cnc(C(=O)O)c(OC)c1. The van der Waals surface area contributed by atoms with Gasteiger partial charge in [-0.25, -0.2) is 9.78 Å². The van der Waals surface area contributed by atoms with E-state index in [1.165, 1.54) is 13.3 Å². The van der Waals surface area contributed by atoms with E-state index in [0.717, 1.165) is 18.4 Å². The Labute approximate surface area is 100 Å². The lowest BCUT2D eigenvalue weighted by atomic mass is 10.2. The Morgan fingerprint density at radius 3 is 2.88 bits per heavy atom. The smallest absolute Gasteiger partial charge is 0.358 e. The normalized spacial score (nSPS) is 10.2. The van der Waals surface area contributed by atoms with Crippen LogP contribution in [-0.2, 0) is 11.3 Å². The number of ether oxygens (including phenoxy) is 2. The number of aromatic nitrogens is 1. The molecule has 0 saturated heterocycles. The predicted octanol–water partition coefficient (Wildman–Crippen LogP) is 2.11. The Bertz CT molecular complexity index is 379. The van der Waals surface area contributed by atoms with E-state index in [0.29, 0.717) is 13.2 Å². The number of methoxy groups -OCH3 is 1. The number of carboxylic acids is 1. The van der Waals surface area contributed by atoms with Gasteiger partial charge in [-0.05, 0) is 18.1 Å². The molecule has 0 radical (unpaired) electrons. The van der Waals surface area contributed by atoms with Crippen molar-refractivity contribution in [2.45, 2.75) is 26.4 Å². The Hall–Kier alpha value is -1.62. The average molecular weight is 239 g/mol. The second kappa shape index (κ2) is 6.85. The third-order valence-corrected chi connectivity index (χ3v) is 2.24. The molecule has 1 N–H and O–H groups in total. The van der Waals surface area contributed by atoms with Crippen LogP contribution in [0.5, 0.6) is 5.75 Å². The van der Waals surface area contributed by atoms with Gasteiger partial charge in [0, 0.05) is 12.8 Å². The molecular weight excluding hydrogens is 222 g/mol. The summed E-state index contributed by atoms with van der Waals surface area (Å²) >= 11 is 0. The molecule has 1 rings (SSSR count). The van der Waals surface area contributed by atoms with E-state index < -0.39 is 5.97 Å². The summed E-state index contributed by atoms with van der Waals surface area (Å²) < 4.78 is 10.4. The van der Waals surface area contributed by atoms with Crippen molar-refractivity contribution in [1.82, 2.24) is 4.98 Å². The maximum atomic E-state index is 10.8. The molecule has 0 aliphatic carbocycles. The Kier molecular flexibility index (Phi) is 5.42. The second-order valence-corrected chi connectivity index (χ2v) is 3.61. The van der Waals surface area contributed by atoms with Crippen LogP contribution in [0.3, 0.4) is 0 Å². The van der Waals surface area contributed by atoms with Gasteiger partial charge >= 0.3 is 5.97 Å². The number of hydrogen-bond acceptors (Lipinski definition) is 4. The van der Waals surface area contributed by atoms with E-state index in [9.17, 15) is 4.79 Å². The molecule has 5 nitrogen and oxygen atoms in total. The largest absolute Gasteiger partial charge is 0.494 e. The number of unbranched alkanes of at least 4 members (excludes halogenated alkanes) is 1. The fourth-order valence-electron chi connectivity index (χ4n) is 1.32. The summed E-state index contributed by atoms with van der Waals surface area (Å²) in [7, 11) is 1.42.